The third-order valence-electron chi connectivity index (χ3n) is 4.11. The Morgan fingerprint density at radius 2 is 1.68 bits per heavy atom. The van der Waals surface area contributed by atoms with Gasteiger partial charge in [-0.25, -0.2) is 12.7 Å². The normalized spacial score (nSPS) is 13.8. The van der Waals surface area contributed by atoms with Crippen molar-refractivity contribution in [3.8, 4) is 5.75 Å². The van der Waals surface area contributed by atoms with E-state index in [9.17, 15) is 13.2 Å². The van der Waals surface area contributed by atoms with Gasteiger partial charge in [-0.2, -0.15) is 0 Å². The van der Waals surface area contributed by atoms with E-state index in [0.29, 0.717) is 10.8 Å². The molecule has 0 aliphatic carbocycles. The number of benzene rings is 2. The van der Waals surface area contributed by atoms with E-state index in [1.165, 1.54) is 26.2 Å². The monoisotopic (exact) mass is 444 g/mol. The third-order valence-corrected chi connectivity index (χ3v) is 6.74. The van der Waals surface area contributed by atoms with Gasteiger partial charge in [-0.15, -0.1) is 0 Å². The fourth-order valence-corrected chi connectivity index (χ4v) is 3.61. The second-order valence-electron chi connectivity index (χ2n) is 6.40. The molecule has 0 aliphatic heterocycles. The minimum atomic E-state index is -3.50. The molecule has 0 heterocycles. The molecule has 28 heavy (non-hydrogen) atoms. The van der Waals surface area contributed by atoms with Crippen molar-refractivity contribution in [3.63, 3.8) is 0 Å². The molecule has 2 rings (SSSR count). The van der Waals surface area contributed by atoms with Crippen LogP contribution in [0.5, 0.6) is 5.75 Å². The second-order valence-corrected chi connectivity index (χ2v) is 9.34. The number of halogens is 2. The van der Waals surface area contributed by atoms with Gasteiger partial charge in [0.1, 0.15) is 10.8 Å². The van der Waals surface area contributed by atoms with Crippen LogP contribution in [0.1, 0.15) is 25.5 Å². The molecule has 152 valence electrons. The van der Waals surface area contributed by atoms with Crippen LogP contribution >= 0.6 is 23.2 Å². The molecule has 0 fully saturated rings. The molecular formula is C19H22Cl2N2O4S. The van der Waals surface area contributed by atoms with Crippen molar-refractivity contribution < 1.29 is 17.9 Å². The molecule has 0 saturated heterocycles. The lowest BCUT2D eigenvalue weighted by Gasteiger charge is -2.20. The van der Waals surface area contributed by atoms with Crippen LogP contribution in [0.4, 0.5) is 0 Å². The summed E-state index contributed by atoms with van der Waals surface area (Å²) in [5, 5.41) is 3.42. The fraction of sp³-hybridized carbons (Fsp3) is 0.316. The number of hydrogen-bond donors (Lipinski definition) is 1. The van der Waals surface area contributed by atoms with Gasteiger partial charge in [0, 0.05) is 14.1 Å². The average Bonchev–Trinajstić information content (AvgIpc) is 2.65. The molecule has 0 radical (unpaired) electrons. The lowest BCUT2D eigenvalue weighted by Crippen LogP contribution is -2.37. The predicted octanol–water partition coefficient (Wildman–Crippen LogP) is 3.89. The summed E-state index contributed by atoms with van der Waals surface area (Å²) < 4.78 is 31.0. The predicted molar refractivity (Wildman–Crippen MR) is 110 cm³/mol. The molecule has 0 aromatic heterocycles. The zero-order valence-corrected chi connectivity index (χ0v) is 18.3. The van der Waals surface area contributed by atoms with Crippen LogP contribution in [0, 0.1) is 0 Å². The summed E-state index contributed by atoms with van der Waals surface area (Å²) in [4.78, 5) is 12.6. The molecule has 0 aliphatic rings. The van der Waals surface area contributed by atoms with Crippen LogP contribution in [0.25, 0.3) is 0 Å². The van der Waals surface area contributed by atoms with Crippen molar-refractivity contribution in [3.05, 3.63) is 58.1 Å². The summed E-state index contributed by atoms with van der Waals surface area (Å²) >= 11 is 12.0. The second kappa shape index (κ2) is 9.13. The van der Waals surface area contributed by atoms with Gasteiger partial charge in [0.15, 0.2) is 6.10 Å². The van der Waals surface area contributed by atoms with E-state index in [-0.39, 0.29) is 21.9 Å². The van der Waals surface area contributed by atoms with Crippen LogP contribution in [0.3, 0.4) is 0 Å². The van der Waals surface area contributed by atoms with Crippen molar-refractivity contribution in [2.75, 3.05) is 14.1 Å². The van der Waals surface area contributed by atoms with Crippen LogP contribution in [-0.2, 0) is 14.8 Å². The van der Waals surface area contributed by atoms with Gasteiger partial charge in [0.2, 0.25) is 10.0 Å². The highest BCUT2D eigenvalue weighted by Crippen LogP contribution is 2.32. The molecule has 2 unspecified atom stereocenters. The minimum absolute atomic E-state index is 0.187. The van der Waals surface area contributed by atoms with E-state index in [1.54, 1.807) is 44.2 Å². The molecule has 1 N–H and O–H groups in total. The first-order chi connectivity index (χ1) is 13.0. The number of carbonyl (C=O) groups is 1. The lowest BCUT2D eigenvalue weighted by molar-refractivity contribution is -0.127. The number of nitrogens with zero attached hydrogens (tertiary/aromatic N) is 1. The molecule has 2 atom stereocenters. The van der Waals surface area contributed by atoms with Crippen molar-refractivity contribution in [1.29, 1.82) is 0 Å². The Morgan fingerprint density at radius 3 is 2.25 bits per heavy atom. The SMILES string of the molecule is CC(Oc1cccc(Cl)c1Cl)C(=O)NC(C)c1ccc(S(=O)(=O)N(C)C)cc1. The molecule has 0 spiro atoms. The Hall–Kier alpha value is -1.80. The number of ether oxygens (including phenoxy) is 1. The Labute approximate surface area is 175 Å². The van der Waals surface area contributed by atoms with Crippen molar-refractivity contribution in [1.82, 2.24) is 9.62 Å². The zero-order chi connectivity index (χ0) is 21.1. The van der Waals surface area contributed by atoms with E-state index >= 15 is 0 Å². The van der Waals surface area contributed by atoms with Gasteiger partial charge in [-0.3, -0.25) is 4.79 Å². The van der Waals surface area contributed by atoms with E-state index in [4.69, 9.17) is 27.9 Å². The number of nitrogens with one attached hydrogen (secondary N) is 1. The fourth-order valence-electron chi connectivity index (χ4n) is 2.37. The maximum Gasteiger partial charge on any atom is 0.261 e. The summed E-state index contributed by atoms with van der Waals surface area (Å²) in [6.07, 6.45) is -0.799. The smallest absolute Gasteiger partial charge is 0.261 e. The molecule has 6 nitrogen and oxygen atoms in total. The average molecular weight is 445 g/mol. The number of hydrogen-bond acceptors (Lipinski definition) is 4. The Balaban J connectivity index is 2.04. The molecule has 0 bridgehead atoms. The summed E-state index contributed by atoms with van der Waals surface area (Å²) in [6.45, 7) is 3.40. The van der Waals surface area contributed by atoms with Gasteiger partial charge in [0.25, 0.3) is 5.91 Å². The van der Waals surface area contributed by atoms with E-state index in [1.807, 2.05) is 0 Å². The largest absolute Gasteiger partial charge is 0.479 e. The number of rotatable bonds is 7. The molecule has 0 saturated carbocycles. The first kappa shape index (κ1) is 22.5. The maximum absolute atomic E-state index is 12.4. The minimum Gasteiger partial charge on any atom is -0.479 e. The topological polar surface area (TPSA) is 75.7 Å². The molecule has 2 aromatic carbocycles. The van der Waals surface area contributed by atoms with Crippen LogP contribution < -0.4 is 10.1 Å². The quantitative estimate of drug-likeness (QED) is 0.702. The van der Waals surface area contributed by atoms with Crippen molar-refractivity contribution in [2.45, 2.75) is 30.9 Å². The molecule has 9 heteroatoms. The van der Waals surface area contributed by atoms with Gasteiger partial charge in [0.05, 0.1) is 16.0 Å². The summed E-state index contributed by atoms with van der Waals surface area (Å²) in [7, 11) is -0.552. The standard InChI is InChI=1S/C19H22Cl2N2O4S/c1-12(14-8-10-15(11-9-14)28(25,26)23(3)4)22-19(24)13(2)27-17-7-5-6-16(20)18(17)21/h5-13H,1-4H3,(H,22,24). The number of amides is 1. The van der Waals surface area contributed by atoms with Gasteiger partial charge >= 0.3 is 0 Å². The number of carbonyl (C=O) groups excluding carboxylic acids is 1. The first-order valence-electron chi connectivity index (χ1n) is 8.47. The molecule has 1 amide bonds. The maximum atomic E-state index is 12.4. The summed E-state index contributed by atoms with van der Waals surface area (Å²) in [5.74, 6) is -0.0174. The zero-order valence-electron chi connectivity index (χ0n) is 15.9. The van der Waals surface area contributed by atoms with Gasteiger partial charge in [-0.05, 0) is 43.7 Å². The highest BCUT2D eigenvalue weighted by Gasteiger charge is 2.21. The van der Waals surface area contributed by atoms with Gasteiger partial charge in [-0.1, -0.05) is 41.4 Å². The van der Waals surface area contributed by atoms with Crippen LogP contribution in [-0.4, -0.2) is 38.8 Å². The van der Waals surface area contributed by atoms with Gasteiger partial charge < -0.3 is 10.1 Å². The number of sulfonamides is 1. The molecular weight excluding hydrogens is 423 g/mol. The Morgan fingerprint density at radius 1 is 1.07 bits per heavy atom. The summed E-state index contributed by atoms with van der Waals surface area (Å²) in [6, 6.07) is 11.0. The Kier molecular flexibility index (Phi) is 7.33. The lowest BCUT2D eigenvalue weighted by atomic mass is 10.1. The van der Waals surface area contributed by atoms with Crippen molar-refractivity contribution >= 4 is 39.1 Å². The highest BCUT2D eigenvalue weighted by atomic mass is 35.5. The van der Waals surface area contributed by atoms with Crippen molar-refractivity contribution in [2.24, 2.45) is 0 Å². The first-order valence-corrected chi connectivity index (χ1v) is 10.7. The van der Waals surface area contributed by atoms with E-state index in [2.05, 4.69) is 5.32 Å². The van der Waals surface area contributed by atoms with E-state index in [0.717, 1.165) is 9.87 Å². The van der Waals surface area contributed by atoms with Crippen LogP contribution in [0.2, 0.25) is 10.0 Å². The molecule has 2 aromatic rings. The highest BCUT2D eigenvalue weighted by molar-refractivity contribution is 7.89. The summed E-state index contributed by atoms with van der Waals surface area (Å²) in [5.41, 5.74) is 0.763. The Bertz CT molecular complexity index is 947. The van der Waals surface area contributed by atoms with Crippen LogP contribution in [0.15, 0.2) is 47.4 Å². The van der Waals surface area contributed by atoms with E-state index < -0.39 is 16.1 Å². The third kappa shape index (κ3) is 5.17.